The molecule has 24 heavy (non-hydrogen) atoms. The highest BCUT2D eigenvalue weighted by atomic mass is 32.2. The third-order valence-corrected chi connectivity index (χ3v) is 5.05. The third kappa shape index (κ3) is 3.17. The number of Topliss-reactive ketones (excluding diaryl/α,β-unsaturated/α-hetero) is 1. The first-order valence-corrected chi connectivity index (χ1v) is 8.82. The number of imidazole rings is 1. The Balaban J connectivity index is 1.83. The van der Waals surface area contributed by atoms with Crippen LogP contribution in [0.4, 0.5) is 0 Å². The molecule has 2 aromatic carbocycles. The van der Waals surface area contributed by atoms with Crippen LogP contribution < -0.4 is 4.74 Å². The Labute approximate surface area is 145 Å². The summed E-state index contributed by atoms with van der Waals surface area (Å²) >= 11 is 1.50. The highest BCUT2D eigenvalue weighted by Crippen LogP contribution is 2.29. The number of nitrogens with zero attached hydrogens (tertiary/aromatic N) is 2. The van der Waals surface area contributed by atoms with Crippen LogP contribution in [0.15, 0.2) is 53.7 Å². The zero-order chi connectivity index (χ0) is 17.1. The number of aryl methyl sites for hydroxylation is 1. The normalized spacial score (nSPS) is 12.3. The number of hydrogen-bond acceptors (Lipinski definition) is 4. The van der Waals surface area contributed by atoms with Crippen LogP contribution >= 0.6 is 11.8 Å². The summed E-state index contributed by atoms with van der Waals surface area (Å²) < 4.78 is 7.29. The van der Waals surface area contributed by atoms with Gasteiger partial charge in [0.15, 0.2) is 10.9 Å². The number of carbonyl (C=O) groups excluding carboxylic acids is 1. The number of para-hydroxylation sites is 2. The van der Waals surface area contributed by atoms with Gasteiger partial charge in [0, 0.05) is 12.1 Å². The number of ketones is 1. The van der Waals surface area contributed by atoms with Gasteiger partial charge in [-0.25, -0.2) is 4.98 Å². The second-order valence-corrected chi connectivity index (χ2v) is 6.79. The van der Waals surface area contributed by atoms with E-state index in [2.05, 4.69) is 22.5 Å². The van der Waals surface area contributed by atoms with Gasteiger partial charge in [0.25, 0.3) is 0 Å². The Morgan fingerprint density at radius 3 is 2.58 bits per heavy atom. The number of ether oxygens (including phenoxy) is 1. The van der Waals surface area contributed by atoms with Gasteiger partial charge in [-0.3, -0.25) is 4.79 Å². The lowest BCUT2D eigenvalue weighted by Crippen LogP contribution is -2.14. The fraction of sp³-hybridized carbons (Fsp3) is 0.263. The second-order valence-electron chi connectivity index (χ2n) is 5.48. The largest absolute Gasteiger partial charge is 0.497 e. The molecule has 1 atom stereocenters. The van der Waals surface area contributed by atoms with E-state index in [0.29, 0.717) is 5.56 Å². The summed E-state index contributed by atoms with van der Waals surface area (Å²) in [6.07, 6.45) is 0. The van der Waals surface area contributed by atoms with Crippen molar-refractivity contribution in [3.05, 3.63) is 54.1 Å². The molecule has 1 unspecified atom stereocenters. The predicted molar refractivity (Wildman–Crippen MR) is 98.1 cm³/mol. The summed E-state index contributed by atoms with van der Waals surface area (Å²) in [6.45, 7) is 4.84. The number of aromatic nitrogens is 2. The van der Waals surface area contributed by atoms with E-state index in [9.17, 15) is 4.79 Å². The molecule has 0 spiro atoms. The molecule has 0 N–H and O–H groups in total. The average molecular weight is 340 g/mol. The lowest BCUT2D eigenvalue weighted by molar-refractivity contribution is 0.0994. The van der Waals surface area contributed by atoms with Crippen molar-refractivity contribution in [1.82, 2.24) is 9.55 Å². The standard InChI is InChI=1S/C19H20N2O2S/c1-4-21-17-8-6-5-7-16(17)20-19(21)24-13(2)18(22)14-9-11-15(23-3)12-10-14/h5-13H,4H2,1-3H3. The molecule has 0 radical (unpaired) electrons. The smallest absolute Gasteiger partial charge is 0.175 e. The third-order valence-electron chi connectivity index (χ3n) is 3.96. The van der Waals surface area contributed by atoms with Crippen molar-refractivity contribution in [2.24, 2.45) is 0 Å². The number of benzene rings is 2. The first-order valence-electron chi connectivity index (χ1n) is 7.94. The van der Waals surface area contributed by atoms with E-state index in [1.54, 1.807) is 19.2 Å². The Hall–Kier alpha value is -2.27. The molecule has 0 saturated carbocycles. The number of methoxy groups -OCH3 is 1. The fourth-order valence-corrected chi connectivity index (χ4v) is 3.72. The van der Waals surface area contributed by atoms with Crippen LogP contribution in [0, 0.1) is 0 Å². The SMILES string of the molecule is CCn1c(SC(C)C(=O)c2ccc(OC)cc2)nc2ccccc21. The summed E-state index contributed by atoms with van der Waals surface area (Å²) in [4.78, 5) is 17.3. The van der Waals surface area contributed by atoms with Crippen LogP contribution in [0.2, 0.25) is 0 Å². The summed E-state index contributed by atoms with van der Waals surface area (Å²) in [6, 6.07) is 15.3. The lowest BCUT2D eigenvalue weighted by atomic mass is 10.1. The molecular weight excluding hydrogens is 320 g/mol. The Morgan fingerprint density at radius 2 is 1.92 bits per heavy atom. The number of fused-ring (bicyclic) bond motifs is 1. The first kappa shape index (κ1) is 16.6. The minimum atomic E-state index is -0.208. The molecule has 0 aliphatic carbocycles. The van der Waals surface area contributed by atoms with E-state index in [-0.39, 0.29) is 11.0 Å². The number of carbonyl (C=O) groups is 1. The zero-order valence-electron chi connectivity index (χ0n) is 14.0. The van der Waals surface area contributed by atoms with Gasteiger partial charge < -0.3 is 9.30 Å². The topological polar surface area (TPSA) is 44.1 Å². The minimum Gasteiger partial charge on any atom is -0.497 e. The van der Waals surface area contributed by atoms with Gasteiger partial charge in [0.1, 0.15) is 5.75 Å². The van der Waals surface area contributed by atoms with Gasteiger partial charge in [-0.05, 0) is 50.2 Å². The number of hydrogen-bond donors (Lipinski definition) is 0. The second kappa shape index (κ2) is 7.09. The molecular formula is C19H20N2O2S. The van der Waals surface area contributed by atoms with Crippen molar-refractivity contribution < 1.29 is 9.53 Å². The highest BCUT2D eigenvalue weighted by molar-refractivity contribution is 8.00. The molecule has 1 aromatic heterocycles. The molecule has 0 aliphatic rings. The molecule has 5 heteroatoms. The summed E-state index contributed by atoms with van der Waals surface area (Å²) in [5.74, 6) is 0.844. The van der Waals surface area contributed by atoms with Gasteiger partial charge in [0.2, 0.25) is 0 Å². The summed E-state index contributed by atoms with van der Waals surface area (Å²) in [5.41, 5.74) is 2.76. The number of thioether (sulfide) groups is 1. The van der Waals surface area contributed by atoms with Gasteiger partial charge in [-0.15, -0.1) is 0 Å². The van der Waals surface area contributed by atoms with E-state index in [1.165, 1.54) is 11.8 Å². The van der Waals surface area contributed by atoms with Crippen LogP contribution in [0.5, 0.6) is 5.75 Å². The minimum absolute atomic E-state index is 0.0948. The Kier molecular flexibility index (Phi) is 4.90. The van der Waals surface area contributed by atoms with Crippen molar-refractivity contribution >= 4 is 28.6 Å². The van der Waals surface area contributed by atoms with Gasteiger partial charge in [-0.2, -0.15) is 0 Å². The van der Waals surface area contributed by atoms with Crippen LogP contribution in [-0.4, -0.2) is 27.7 Å². The van der Waals surface area contributed by atoms with E-state index in [1.807, 2.05) is 37.3 Å². The summed E-state index contributed by atoms with van der Waals surface area (Å²) in [5, 5.41) is 0.675. The molecule has 0 bridgehead atoms. The van der Waals surface area contributed by atoms with Crippen LogP contribution in [-0.2, 0) is 6.54 Å². The maximum atomic E-state index is 12.7. The summed E-state index contributed by atoms with van der Waals surface area (Å²) in [7, 11) is 1.62. The van der Waals surface area contributed by atoms with E-state index in [0.717, 1.165) is 28.5 Å². The molecule has 4 nitrogen and oxygen atoms in total. The van der Waals surface area contributed by atoms with Crippen molar-refractivity contribution in [1.29, 1.82) is 0 Å². The van der Waals surface area contributed by atoms with Crippen molar-refractivity contribution in [2.45, 2.75) is 30.8 Å². The van der Waals surface area contributed by atoms with Gasteiger partial charge in [-0.1, -0.05) is 23.9 Å². The first-order chi connectivity index (χ1) is 11.6. The van der Waals surface area contributed by atoms with E-state index < -0.39 is 0 Å². The monoisotopic (exact) mass is 340 g/mol. The average Bonchev–Trinajstić information content (AvgIpc) is 2.98. The molecule has 0 saturated heterocycles. The van der Waals surface area contributed by atoms with E-state index >= 15 is 0 Å². The molecule has 3 rings (SSSR count). The number of rotatable bonds is 6. The predicted octanol–water partition coefficient (Wildman–Crippen LogP) is 4.43. The molecule has 0 amide bonds. The Bertz CT molecular complexity index is 855. The maximum Gasteiger partial charge on any atom is 0.175 e. The van der Waals surface area contributed by atoms with Crippen LogP contribution in [0.25, 0.3) is 11.0 Å². The molecule has 1 heterocycles. The van der Waals surface area contributed by atoms with Crippen LogP contribution in [0.3, 0.4) is 0 Å². The van der Waals surface area contributed by atoms with Crippen molar-refractivity contribution in [3.8, 4) is 5.75 Å². The fourth-order valence-electron chi connectivity index (χ4n) is 2.65. The van der Waals surface area contributed by atoms with Crippen molar-refractivity contribution in [2.75, 3.05) is 7.11 Å². The van der Waals surface area contributed by atoms with Crippen molar-refractivity contribution in [3.63, 3.8) is 0 Å². The van der Waals surface area contributed by atoms with Crippen LogP contribution in [0.1, 0.15) is 24.2 Å². The Morgan fingerprint density at radius 1 is 1.21 bits per heavy atom. The quantitative estimate of drug-likeness (QED) is 0.492. The maximum absolute atomic E-state index is 12.7. The zero-order valence-corrected chi connectivity index (χ0v) is 14.8. The molecule has 124 valence electrons. The van der Waals surface area contributed by atoms with Gasteiger partial charge in [0.05, 0.1) is 23.4 Å². The molecule has 3 aromatic rings. The molecule has 0 aliphatic heterocycles. The molecule has 0 fully saturated rings. The van der Waals surface area contributed by atoms with E-state index in [4.69, 9.17) is 4.74 Å². The lowest BCUT2D eigenvalue weighted by Gasteiger charge is -2.11. The highest BCUT2D eigenvalue weighted by Gasteiger charge is 2.20. The van der Waals surface area contributed by atoms with Gasteiger partial charge >= 0.3 is 0 Å².